The number of fused-ring (bicyclic) bond motifs is 2. The molecule has 2 rings (SSSR count). The number of hydrogen-bond donors (Lipinski definition) is 1. The van der Waals surface area contributed by atoms with Gasteiger partial charge in [-0.3, -0.25) is 0 Å². The molecule has 0 aromatic rings. The number of rotatable bonds is 3. The van der Waals surface area contributed by atoms with E-state index in [1.165, 1.54) is 32.1 Å². The highest BCUT2D eigenvalue weighted by atomic mass is 16.3. The zero-order valence-corrected chi connectivity index (χ0v) is 10.5. The van der Waals surface area contributed by atoms with Crippen LogP contribution in [0.15, 0.2) is 0 Å². The molecule has 0 aromatic carbocycles. The van der Waals surface area contributed by atoms with Gasteiger partial charge in [0, 0.05) is 0 Å². The van der Waals surface area contributed by atoms with Crippen LogP contribution in [0.25, 0.3) is 0 Å². The monoisotopic (exact) mass is 210 g/mol. The minimum Gasteiger partial charge on any atom is -0.393 e. The summed E-state index contributed by atoms with van der Waals surface area (Å²) < 4.78 is 0. The lowest BCUT2D eigenvalue weighted by Crippen LogP contribution is -2.27. The Bertz CT molecular complexity index is 216. The summed E-state index contributed by atoms with van der Waals surface area (Å²) in [6.07, 6.45) is 8.08. The van der Waals surface area contributed by atoms with E-state index in [1.54, 1.807) is 0 Å². The van der Waals surface area contributed by atoms with Crippen molar-refractivity contribution in [1.82, 2.24) is 0 Å². The third-order valence-corrected chi connectivity index (χ3v) is 4.70. The van der Waals surface area contributed by atoms with Crippen LogP contribution in [-0.4, -0.2) is 11.2 Å². The summed E-state index contributed by atoms with van der Waals surface area (Å²) in [7, 11) is 0. The molecule has 2 fully saturated rings. The van der Waals surface area contributed by atoms with E-state index in [2.05, 4.69) is 20.8 Å². The third-order valence-electron chi connectivity index (χ3n) is 4.70. The Hall–Kier alpha value is -0.0400. The van der Waals surface area contributed by atoms with Crippen LogP contribution in [0.4, 0.5) is 0 Å². The number of aliphatic hydroxyl groups is 1. The maximum Gasteiger partial charge on any atom is 0.0588 e. The average Bonchev–Trinajstić information content (AvgIpc) is 2.73. The fourth-order valence-electron chi connectivity index (χ4n) is 3.53. The van der Waals surface area contributed by atoms with Gasteiger partial charge in [0.05, 0.1) is 6.10 Å². The van der Waals surface area contributed by atoms with E-state index in [9.17, 15) is 5.11 Å². The van der Waals surface area contributed by atoms with Crippen LogP contribution in [0.1, 0.15) is 59.3 Å². The zero-order chi connectivity index (χ0) is 11.1. The van der Waals surface area contributed by atoms with Gasteiger partial charge in [-0.2, -0.15) is 0 Å². The van der Waals surface area contributed by atoms with Gasteiger partial charge in [0.2, 0.25) is 0 Å². The number of aliphatic hydroxyl groups excluding tert-OH is 1. The Labute approximate surface area is 94.3 Å². The minimum atomic E-state index is -0.114. The van der Waals surface area contributed by atoms with Crippen molar-refractivity contribution in [3.8, 4) is 0 Å². The lowest BCUT2D eigenvalue weighted by Gasteiger charge is -2.28. The fraction of sp³-hybridized carbons (Fsp3) is 1.00. The van der Waals surface area contributed by atoms with Gasteiger partial charge < -0.3 is 5.11 Å². The second kappa shape index (κ2) is 4.08. The predicted molar refractivity (Wildman–Crippen MR) is 63.6 cm³/mol. The Morgan fingerprint density at radius 1 is 1.20 bits per heavy atom. The largest absolute Gasteiger partial charge is 0.393 e. The number of hydrogen-bond acceptors (Lipinski definition) is 1. The van der Waals surface area contributed by atoms with Crippen molar-refractivity contribution in [3.05, 3.63) is 0 Å². The molecule has 15 heavy (non-hydrogen) atoms. The van der Waals surface area contributed by atoms with E-state index in [1.807, 2.05) is 0 Å². The molecule has 1 heteroatoms. The molecule has 2 aliphatic rings. The molecule has 2 saturated carbocycles. The molecule has 0 amide bonds. The molecule has 0 heterocycles. The molecular weight excluding hydrogens is 184 g/mol. The average molecular weight is 210 g/mol. The van der Waals surface area contributed by atoms with E-state index in [4.69, 9.17) is 0 Å². The van der Waals surface area contributed by atoms with Gasteiger partial charge in [0.25, 0.3) is 0 Å². The maximum atomic E-state index is 10.0. The molecule has 1 N–H and O–H groups in total. The first-order chi connectivity index (χ1) is 6.97. The molecule has 0 saturated heterocycles. The summed E-state index contributed by atoms with van der Waals surface area (Å²) in [6, 6.07) is 0. The van der Waals surface area contributed by atoms with Gasteiger partial charge in [-0.1, -0.05) is 27.2 Å². The van der Waals surface area contributed by atoms with Crippen molar-refractivity contribution in [1.29, 1.82) is 0 Å². The summed E-state index contributed by atoms with van der Waals surface area (Å²) in [5.41, 5.74) is 0.0671. The van der Waals surface area contributed by atoms with Crippen LogP contribution in [-0.2, 0) is 0 Å². The maximum absolute atomic E-state index is 10.0. The van der Waals surface area contributed by atoms with Gasteiger partial charge in [0.15, 0.2) is 0 Å². The first kappa shape index (κ1) is 11.4. The predicted octanol–water partition coefficient (Wildman–Crippen LogP) is 3.61. The van der Waals surface area contributed by atoms with Crippen molar-refractivity contribution in [2.24, 2.45) is 23.2 Å². The topological polar surface area (TPSA) is 20.2 Å². The molecule has 4 atom stereocenters. The summed E-state index contributed by atoms with van der Waals surface area (Å²) in [6.45, 7) is 6.41. The van der Waals surface area contributed by atoms with Gasteiger partial charge in [0.1, 0.15) is 0 Å². The molecule has 2 aliphatic carbocycles. The van der Waals surface area contributed by atoms with Crippen LogP contribution < -0.4 is 0 Å². The molecule has 0 spiro atoms. The van der Waals surface area contributed by atoms with Gasteiger partial charge in [-0.05, 0) is 55.3 Å². The van der Waals surface area contributed by atoms with E-state index in [-0.39, 0.29) is 11.5 Å². The minimum absolute atomic E-state index is 0.0671. The molecule has 2 bridgehead atoms. The molecular formula is C14H26O. The molecule has 1 nitrogen and oxygen atoms in total. The first-order valence-corrected chi connectivity index (χ1v) is 6.65. The second-order valence-corrected chi connectivity index (χ2v) is 6.89. The fourth-order valence-corrected chi connectivity index (χ4v) is 3.53. The highest BCUT2D eigenvalue weighted by Gasteiger charge is 2.39. The lowest BCUT2D eigenvalue weighted by atomic mass is 9.80. The van der Waals surface area contributed by atoms with Crippen LogP contribution in [0.5, 0.6) is 0 Å². The van der Waals surface area contributed by atoms with Crippen molar-refractivity contribution in [3.63, 3.8) is 0 Å². The summed E-state index contributed by atoms with van der Waals surface area (Å²) in [5, 5.41) is 10.0. The van der Waals surface area contributed by atoms with Gasteiger partial charge in [-0.25, -0.2) is 0 Å². The summed E-state index contributed by atoms with van der Waals surface area (Å²) >= 11 is 0. The lowest BCUT2D eigenvalue weighted by molar-refractivity contribution is 0.0473. The highest BCUT2D eigenvalue weighted by Crippen LogP contribution is 2.50. The summed E-state index contributed by atoms with van der Waals surface area (Å²) in [4.78, 5) is 0. The third kappa shape index (κ3) is 2.55. The standard InChI is InChI=1S/C14H26O/c1-14(2,3)13(15)7-6-12-9-10-4-5-11(12)8-10/h10-13,15H,4-9H2,1-3H3. The van der Waals surface area contributed by atoms with Crippen molar-refractivity contribution >= 4 is 0 Å². The van der Waals surface area contributed by atoms with Crippen molar-refractivity contribution in [2.45, 2.75) is 65.4 Å². The highest BCUT2D eigenvalue weighted by molar-refractivity contribution is 4.90. The smallest absolute Gasteiger partial charge is 0.0588 e. The van der Waals surface area contributed by atoms with Crippen molar-refractivity contribution in [2.75, 3.05) is 0 Å². The Balaban J connectivity index is 1.75. The Morgan fingerprint density at radius 3 is 2.40 bits per heavy atom. The van der Waals surface area contributed by atoms with Crippen LogP contribution in [0.3, 0.4) is 0 Å². The van der Waals surface area contributed by atoms with Crippen LogP contribution in [0.2, 0.25) is 0 Å². The van der Waals surface area contributed by atoms with Crippen LogP contribution >= 0.6 is 0 Å². The second-order valence-electron chi connectivity index (χ2n) is 6.89. The van der Waals surface area contributed by atoms with E-state index in [0.29, 0.717) is 0 Å². The molecule has 0 aliphatic heterocycles. The first-order valence-electron chi connectivity index (χ1n) is 6.65. The van der Waals surface area contributed by atoms with E-state index >= 15 is 0 Å². The van der Waals surface area contributed by atoms with Crippen LogP contribution in [0, 0.1) is 23.2 Å². The van der Waals surface area contributed by atoms with E-state index in [0.717, 1.165) is 24.2 Å². The normalized spacial score (nSPS) is 37.2. The van der Waals surface area contributed by atoms with Gasteiger partial charge >= 0.3 is 0 Å². The van der Waals surface area contributed by atoms with Gasteiger partial charge in [-0.15, -0.1) is 0 Å². The summed E-state index contributed by atoms with van der Waals surface area (Å²) in [5.74, 6) is 3.01. The molecule has 88 valence electrons. The quantitative estimate of drug-likeness (QED) is 0.754. The van der Waals surface area contributed by atoms with E-state index < -0.39 is 0 Å². The zero-order valence-electron chi connectivity index (χ0n) is 10.5. The Kier molecular flexibility index (Phi) is 3.12. The Morgan fingerprint density at radius 2 is 1.93 bits per heavy atom. The molecule has 0 aromatic heterocycles. The molecule has 4 unspecified atom stereocenters. The molecule has 0 radical (unpaired) electrons. The van der Waals surface area contributed by atoms with Crippen molar-refractivity contribution < 1.29 is 5.11 Å². The SMILES string of the molecule is CC(C)(C)C(O)CCC1CC2CCC1C2.